The lowest BCUT2D eigenvalue weighted by Crippen LogP contribution is -2.58. The summed E-state index contributed by atoms with van der Waals surface area (Å²) < 4.78 is 42.6. The van der Waals surface area contributed by atoms with Gasteiger partial charge in [0.05, 0.1) is 12.1 Å². The van der Waals surface area contributed by atoms with Gasteiger partial charge in [-0.3, -0.25) is 19.0 Å². The Labute approximate surface area is 337 Å². The number of hydrogen-bond acceptors (Lipinski definition) is 11. The summed E-state index contributed by atoms with van der Waals surface area (Å²) in [5.41, 5.74) is 0.0146. The van der Waals surface area contributed by atoms with Crippen LogP contribution in [0.15, 0.2) is 36.5 Å². The van der Waals surface area contributed by atoms with E-state index in [2.05, 4.69) is 20.3 Å². The number of ether oxygens (including phenoxy) is 2. The number of imidazole rings is 1. The minimum absolute atomic E-state index is 0.0270. The van der Waals surface area contributed by atoms with Crippen LogP contribution in [-0.2, 0) is 29.3 Å². The van der Waals surface area contributed by atoms with Gasteiger partial charge in [0.2, 0.25) is 11.8 Å². The van der Waals surface area contributed by atoms with E-state index in [0.29, 0.717) is 30.8 Å². The molecular formula is C39H54N8O8S2. The van der Waals surface area contributed by atoms with Crippen LogP contribution in [0.5, 0.6) is 6.01 Å². The van der Waals surface area contributed by atoms with Crippen molar-refractivity contribution in [2.75, 3.05) is 20.6 Å². The van der Waals surface area contributed by atoms with Gasteiger partial charge in [-0.25, -0.2) is 14.5 Å². The molecular weight excluding hydrogens is 773 g/mol. The molecule has 2 aromatic heterocycles. The van der Waals surface area contributed by atoms with Crippen molar-refractivity contribution in [3.05, 3.63) is 41.4 Å². The third-order valence-electron chi connectivity index (χ3n) is 10.4. The monoisotopic (exact) mass is 826 g/mol. The molecule has 0 radical (unpaired) electrons. The fraction of sp³-hybridized carbons (Fsp3) is 0.590. The zero-order valence-corrected chi connectivity index (χ0v) is 35.5. The number of carbonyl (C=O) groups excluding carboxylic acids is 4. The molecule has 4 amide bonds. The van der Waals surface area contributed by atoms with Crippen molar-refractivity contribution in [2.24, 2.45) is 5.92 Å². The lowest BCUT2D eigenvalue weighted by atomic mass is 10.0. The van der Waals surface area contributed by atoms with Crippen molar-refractivity contribution in [1.29, 1.82) is 0 Å². The first-order valence-electron chi connectivity index (χ1n) is 19.4. The van der Waals surface area contributed by atoms with Gasteiger partial charge in [0.25, 0.3) is 11.9 Å². The van der Waals surface area contributed by atoms with E-state index in [1.54, 1.807) is 32.1 Å². The molecule has 57 heavy (non-hydrogen) atoms. The van der Waals surface area contributed by atoms with E-state index in [1.165, 1.54) is 19.0 Å². The predicted octanol–water partition coefficient (Wildman–Crippen LogP) is 4.61. The van der Waals surface area contributed by atoms with Gasteiger partial charge in [-0.05, 0) is 79.4 Å². The highest BCUT2D eigenvalue weighted by molar-refractivity contribution is 7.87. The Kier molecular flexibility index (Phi) is 12.1. The molecule has 0 spiro atoms. The largest absolute Gasteiger partial charge is 0.459 e. The molecule has 1 saturated carbocycles. The van der Waals surface area contributed by atoms with Crippen LogP contribution < -0.4 is 20.1 Å². The third-order valence-corrected chi connectivity index (χ3v) is 12.7. The van der Waals surface area contributed by atoms with E-state index in [4.69, 9.17) is 14.5 Å². The molecule has 18 heteroatoms. The van der Waals surface area contributed by atoms with Crippen LogP contribution in [0.4, 0.5) is 4.79 Å². The second-order valence-electron chi connectivity index (χ2n) is 16.5. The number of alkyl carbamates (subject to hydrolysis) is 1. The molecule has 1 saturated heterocycles. The SMILES string of the molecule is Cc1cnc(-c2cccc3c2nc(O[C@@H]2C[C@H]4C(=O)N[C@]5(C(=O)NS(=O)(=O)N(C)C)C[C@H]5/C=C\CCCCC[C@H](NC(=O)OC(C)(C)C)C(=O)N4C2)n3C(C)C)s1. The molecule has 1 aliphatic carbocycles. The smallest absolute Gasteiger partial charge is 0.408 e. The van der Waals surface area contributed by atoms with Gasteiger partial charge in [0.15, 0.2) is 0 Å². The Bertz CT molecular complexity index is 2160. The topological polar surface area (TPSA) is 194 Å². The van der Waals surface area contributed by atoms with Gasteiger partial charge in [-0.1, -0.05) is 31.1 Å². The summed E-state index contributed by atoms with van der Waals surface area (Å²) in [4.78, 5) is 67.9. The number of para-hydroxylation sites is 1. The Hall–Kier alpha value is -4.55. The normalized spacial score (nSPS) is 25.3. The minimum Gasteiger partial charge on any atom is -0.459 e. The van der Waals surface area contributed by atoms with Crippen molar-refractivity contribution in [3.63, 3.8) is 0 Å². The molecule has 4 heterocycles. The first-order valence-corrected chi connectivity index (χ1v) is 21.7. The number of fused-ring (bicyclic) bond motifs is 3. The number of aryl methyl sites for hydroxylation is 1. The van der Waals surface area contributed by atoms with Gasteiger partial charge in [0, 0.05) is 49.1 Å². The van der Waals surface area contributed by atoms with Crippen LogP contribution in [0.25, 0.3) is 21.6 Å². The number of rotatable bonds is 8. The van der Waals surface area contributed by atoms with Crippen LogP contribution in [0.2, 0.25) is 0 Å². The first kappa shape index (κ1) is 42.1. The molecule has 3 aliphatic rings. The second kappa shape index (κ2) is 16.4. The molecule has 16 nitrogen and oxygen atoms in total. The van der Waals surface area contributed by atoms with E-state index >= 15 is 0 Å². The number of carbonyl (C=O) groups is 4. The summed E-state index contributed by atoms with van der Waals surface area (Å²) in [5.74, 6) is -2.48. The lowest BCUT2D eigenvalue weighted by molar-refractivity contribution is -0.141. The first-order chi connectivity index (χ1) is 26.8. The second-order valence-corrected chi connectivity index (χ2v) is 19.7. The van der Waals surface area contributed by atoms with E-state index in [0.717, 1.165) is 38.1 Å². The van der Waals surface area contributed by atoms with Crippen molar-refractivity contribution < 1.29 is 37.1 Å². The van der Waals surface area contributed by atoms with Gasteiger partial charge >= 0.3 is 16.3 Å². The maximum Gasteiger partial charge on any atom is 0.408 e. The molecule has 310 valence electrons. The van der Waals surface area contributed by atoms with E-state index < -0.39 is 69.3 Å². The van der Waals surface area contributed by atoms with E-state index in [1.807, 2.05) is 61.9 Å². The summed E-state index contributed by atoms with van der Waals surface area (Å²) in [6, 6.07) is 3.95. The standard InChI is InChI=1S/C39H54N8O8S2/c1-23(2)47-29-18-14-16-27(33-40-21-24(3)56-33)31(29)42-36(47)54-26-19-30-32(48)43-39(35(50)44-57(52,53)45(7)8)20-25(39)15-12-10-9-11-13-17-28(34(49)46(30)22-26)41-37(51)55-38(4,5)6/h12,14-16,18,21,23,25-26,28,30H,9-11,13,17,19-20,22H2,1-8H3,(H,41,51)(H,43,48)(H,44,50)/b15-12-/t25-,26-,28+,30+,39-/m1/s1. The fourth-order valence-electron chi connectivity index (χ4n) is 7.39. The zero-order valence-electron chi connectivity index (χ0n) is 33.8. The number of benzene rings is 1. The highest BCUT2D eigenvalue weighted by atomic mass is 32.2. The maximum absolute atomic E-state index is 14.6. The molecule has 0 bridgehead atoms. The average Bonchev–Trinajstić information content (AvgIpc) is 3.42. The number of hydrogen-bond donors (Lipinski definition) is 3. The number of aromatic nitrogens is 3. The Balaban J connectivity index is 1.36. The minimum atomic E-state index is -4.18. The number of nitrogens with one attached hydrogen (secondary N) is 3. The molecule has 0 unspecified atom stereocenters. The van der Waals surface area contributed by atoms with Crippen molar-refractivity contribution >= 4 is 56.4 Å². The summed E-state index contributed by atoms with van der Waals surface area (Å²) in [5, 5.41) is 6.44. The van der Waals surface area contributed by atoms with Crippen LogP contribution >= 0.6 is 11.3 Å². The number of amides is 4. The maximum atomic E-state index is 14.6. The quantitative estimate of drug-likeness (QED) is 0.270. The fourth-order valence-corrected chi connectivity index (χ4v) is 8.78. The average molecular weight is 827 g/mol. The zero-order chi connectivity index (χ0) is 41.4. The Morgan fingerprint density at radius 1 is 1.14 bits per heavy atom. The number of nitrogens with zero attached hydrogens (tertiary/aromatic N) is 5. The van der Waals surface area contributed by atoms with E-state index in [-0.39, 0.29) is 25.4 Å². The molecule has 6 rings (SSSR count). The van der Waals surface area contributed by atoms with Gasteiger partial charge in [-0.15, -0.1) is 11.3 Å². The van der Waals surface area contributed by atoms with Crippen molar-refractivity contribution in [3.8, 4) is 16.6 Å². The molecule has 3 N–H and O–H groups in total. The van der Waals surface area contributed by atoms with Gasteiger partial charge in [-0.2, -0.15) is 17.7 Å². The highest BCUT2D eigenvalue weighted by Crippen LogP contribution is 2.46. The van der Waals surface area contributed by atoms with Crippen molar-refractivity contribution in [2.45, 2.75) is 122 Å². The van der Waals surface area contributed by atoms with Crippen LogP contribution in [0.1, 0.15) is 90.5 Å². The van der Waals surface area contributed by atoms with Gasteiger partial charge in [0.1, 0.15) is 39.9 Å². The summed E-state index contributed by atoms with van der Waals surface area (Å²) in [6.07, 6.45) is 7.44. The summed E-state index contributed by atoms with van der Waals surface area (Å²) in [7, 11) is -1.58. The lowest BCUT2D eigenvalue weighted by Gasteiger charge is -2.30. The van der Waals surface area contributed by atoms with E-state index in [9.17, 15) is 27.6 Å². The molecule has 1 aromatic carbocycles. The molecule has 5 atom stereocenters. The highest BCUT2D eigenvalue weighted by Gasteiger charge is 2.62. The summed E-state index contributed by atoms with van der Waals surface area (Å²) in [6.45, 7) is 11.2. The Morgan fingerprint density at radius 3 is 2.56 bits per heavy atom. The van der Waals surface area contributed by atoms with Crippen molar-refractivity contribution in [1.82, 2.24) is 39.1 Å². The molecule has 2 aliphatic heterocycles. The predicted molar refractivity (Wildman–Crippen MR) is 216 cm³/mol. The molecule has 2 fully saturated rings. The van der Waals surface area contributed by atoms with Crippen LogP contribution in [0.3, 0.4) is 0 Å². The number of thiazole rings is 1. The third kappa shape index (κ3) is 9.28. The summed E-state index contributed by atoms with van der Waals surface area (Å²) >= 11 is 1.56. The Morgan fingerprint density at radius 2 is 1.89 bits per heavy atom. The number of allylic oxidation sites excluding steroid dienone is 1. The van der Waals surface area contributed by atoms with Crippen LogP contribution in [-0.4, -0.2) is 106 Å². The molecule has 3 aromatic rings. The van der Waals surface area contributed by atoms with Crippen LogP contribution in [0, 0.1) is 12.8 Å². The van der Waals surface area contributed by atoms with Gasteiger partial charge < -0.3 is 25.0 Å².